The van der Waals surface area contributed by atoms with Gasteiger partial charge in [-0.2, -0.15) is 0 Å². The lowest BCUT2D eigenvalue weighted by Crippen LogP contribution is -2.53. The van der Waals surface area contributed by atoms with E-state index in [1.807, 2.05) is 27.7 Å². The Balaban J connectivity index is 2.49. The number of rotatable bonds is 5. The fourth-order valence-corrected chi connectivity index (χ4v) is 2.63. The van der Waals surface area contributed by atoms with E-state index in [4.69, 9.17) is 4.74 Å². The molecule has 1 N–H and O–H groups in total. The Hall–Kier alpha value is -0.610. The maximum absolute atomic E-state index is 11.9. The second-order valence-electron chi connectivity index (χ2n) is 6.96. The second kappa shape index (κ2) is 6.23. The molecule has 4 nitrogen and oxygen atoms in total. The highest BCUT2D eigenvalue weighted by atomic mass is 16.6. The molecule has 0 spiro atoms. The van der Waals surface area contributed by atoms with Crippen molar-refractivity contribution in [2.75, 3.05) is 20.6 Å². The molecule has 1 aliphatic carbocycles. The number of carbonyl (C=O) groups is 1. The average molecular weight is 270 g/mol. The number of likely N-dealkylation sites (N-methyl/N-ethyl adjacent to an activating group) is 1. The minimum Gasteiger partial charge on any atom is -0.459 e. The number of carbonyl (C=O) groups excluding carboxylic acids is 1. The summed E-state index contributed by atoms with van der Waals surface area (Å²) in [6.07, 6.45) is 4.96. The van der Waals surface area contributed by atoms with E-state index < -0.39 is 5.60 Å². The van der Waals surface area contributed by atoms with Crippen molar-refractivity contribution in [3.63, 3.8) is 0 Å². The van der Waals surface area contributed by atoms with Crippen molar-refractivity contribution in [3.8, 4) is 0 Å². The SMILES string of the molecule is CC(NCC1(N(C)C)CCCC1)C(=O)OC(C)(C)C. The van der Waals surface area contributed by atoms with Crippen molar-refractivity contribution in [3.05, 3.63) is 0 Å². The van der Waals surface area contributed by atoms with Crippen molar-refractivity contribution < 1.29 is 9.53 Å². The van der Waals surface area contributed by atoms with Crippen LogP contribution < -0.4 is 5.32 Å². The first-order valence-electron chi connectivity index (χ1n) is 7.30. The molecule has 0 aromatic carbocycles. The maximum Gasteiger partial charge on any atom is 0.323 e. The van der Waals surface area contributed by atoms with E-state index in [1.54, 1.807) is 0 Å². The first kappa shape index (κ1) is 16.4. The van der Waals surface area contributed by atoms with Gasteiger partial charge in [-0.15, -0.1) is 0 Å². The number of esters is 1. The number of hydrogen-bond acceptors (Lipinski definition) is 4. The largest absolute Gasteiger partial charge is 0.459 e. The van der Waals surface area contributed by atoms with Gasteiger partial charge in [-0.1, -0.05) is 12.8 Å². The van der Waals surface area contributed by atoms with Crippen LogP contribution in [0.4, 0.5) is 0 Å². The van der Waals surface area contributed by atoms with Gasteiger partial charge >= 0.3 is 5.97 Å². The Morgan fingerprint density at radius 2 is 1.84 bits per heavy atom. The highest BCUT2D eigenvalue weighted by Gasteiger charge is 2.36. The van der Waals surface area contributed by atoms with Gasteiger partial charge in [0.15, 0.2) is 0 Å². The summed E-state index contributed by atoms with van der Waals surface area (Å²) in [4.78, 5) is 14.2. The summed E-state index contributed by atoms with van der Waals surface area (Å²) in [6, 6.07) is -0.253. The molecule has 1 rings (SSSR count). The Morgan fingerprint density at radius 3 is 2.26 bits per heavy atom. The molecule has 19 heavy (non-hydrogen) atoms. The van der Waals surface area contributed by atoms with Crippen LogP contribution in [0.2, 0.25) is 0 Å². The van der Waals surface area contributed by atoms with Crippen LogP contribution in [-0.2, 0) is 9.53 Å². The lowest BCUT2D eigenvalue weighted by Gasteiger charge is -2.37. The number of ether oxygens (including phenoxy) is 1. The first-order chi connectivity index (χ1) is 8.66. The third kappa shape index (κ3) is 4.77. The fourth-order valence-electron chi connectivity index (χ4n) is 2.63. The predicted octanol–water partition coefficient (Wildman–Crippen LogP) is 2.18. The third-order valence-electron chi connectivity index (χ3n) is 3.98. The molecule has 0 amide bonds. The molecule has 1 unspecified atom stereocenters. The second-order valence-corrected chi connectivity index (χ2v) is 6.96. The van der Waals surface area contributed by atoms with E-state index in [9.17, 15) is 4.79 Å². The monoisotopic (exact) mass is 270 g/mol. The van der Waals surface area contributed by atoms with E-state index in [2.05, 4.69) is 24.3 Å². The summed E-state index contributed by atoms with van der Waals surface area (Å²) >= 11 is 0. The summed E-state index contributed by atoms with van der Waals surface area (Å²) in [5.41, 5.74) is -0.212. The van der Waals surface area contributed by atoms with Gasteiger partial charge in [0, 0.05) is 12.1 Å². The van der Waals surface area contributed by atoms with Crippen LogP contribution in [0.3, 0.4) is 0 Å². The molecular formula is C15H30N2O2. The molecule has 1 aliphatic rings. The topological polar surface area (TPSA) is 41.6 Å². The minimum absolute atomic E-state index is 0.167. The summed E-state index contributed by atoms with van der Waals surface area (Å²) in [5, 5.41) is 3.35. The Morgan fingerprint density at radius 1 is 1.32 bits per heavy atom. The molecule has 112 valence electrons. The lowest BCUT2D eigenvalue weighted by atomic mass is 9.95. The van der Waals surface area contributed by atoms with Gasteiger partial charge in [-0.3, -0.25) is 4.79 Å². The van der Waals surface area contributed by atoms with Crippen molar-refractivity contribution in [1.82, 2.24) is 10.2 Å². The summed E-state index contributed by atoms with van der Waals surface area (Å²) in [5.74, 6) is -0.167. The molecule has 0 heterocycles. The molecule has 0 radical (unpaired) electrons. The van der Waals surface area contributed by atoms with Crippen molar-refractivity contribution >= 4 is 5.97 Å². The van der Waals surface area contributed by atoms with E-state index >= 15 is 0 Å². The van der Waals surface area contributed by atoms with Crippen molar-refractivity contribution in [2.24, 2.45) is 0 Å². The normalized spacial score (nSPS) is 20.6. The molecule has 0 bridgehead atoms. The van der Waals surface area contributed by atoms with Crippen molar-refractivity contribution in [2.45, 2.75) is 70.6 Å². The van der Waals surface area contributed by atoms with Gasteiger partial charge < -0.3 is 15.0 Å². The Bertz CT molecular complexity index is 302. The highest BCUT2D eigenvalue weighted by molar-refractivity contribution is 5.75. The van der Waals surface area contributed by atoms with Crippen LogP contribution in [0.5, 0.6) is 0 Å². The molecular weight excluding hydrogens is 240 g/mol. The van der Waals surface area contributed by atoms with Gasteiger partial charge in [0.25, 0.3) is 0 Å². The molecule has 0 saturated heterocycles. The van der Waals surface area contributed by atoms with Crippen LogP contribution in [0.25, 0.3) is 0 Å². The summed E-state index contributed by atoms with van der Waals surface area (Å²) in [6.45, 7) is 8.43. The molecule has 0 aromatic rings. The highest BCUT2D eigenvalue weighted by Crippen LogP contribution is 2.33. The van der Waals surface area contributed by atoms with E-state index in [-0.39, 0.29) is 17.6 Å². The van der Waals surface area contributed by atoms with Crippen LogP contribution in [0, 0.1) is 0 Å². The Labute approximate surface area is 117 Å². The summed E-state index contributed by atoms with van der Waals surface area (Å²) < 4.78 is 5.39. The zero-order chi connectivity index (χ0) is 14.7. The van der Waals surface area contributed by atoms with Crippen LogP contribution >= 0.6 is 0 Å². The third-order valence-corrected chi connectivity index (χ3v) is 3.98. The Kier molecular flexibility index (Phi) is 5.39. The van der Waals surface area contributed by atoms with Gasteiger partial charge in [0.1, 0.15) is 11.6 Å². The first-order valence-corrected chi connectivity index (χ1v) is 7.30. The van der Waals surface area contributed by atoms with Gasteiger partial charge in [-0.25, -0.2) is 0 Å². The zero-order valence-corrected chi connectivity index (χ0v) is 13.4. The summed E-state index contributed by atoms with van der Waals surface area (Å²) in [7, 11) is 4.26. The van der Waals surface area contributed by atoms with E-state index in [1.165, 1.54) is 25.7 Å². The van der Waals surface area contributed by atoms with E-state index in [0.717, 1.165) is 6.54 Å². The maximum atomic E-state index is 11.9. The van der Waals surface area contributed by atoms with Crippen LogP contribution in [0.1, 0.15) is 53.4 Å². The fraction of sp³-hybridized carbons (Fsp3) is 0.933. The van der Waals surface area contributed by atoms with Gasteiger partial charge in [0.2, 0.25) is 0 Å². The van der Waals surface area contributed by atoms with E-state index in [0.29, 0.717) is 0 Å². The van der Waals surface area contributed by atoms with Crippen LogP contribution in [-0.4, -0.2) is 48.7 Å². The lowest BCUT2D eigenvalue weighted by molar-refractivity contribution is -0.157. The molecule has 1 saturated carbocycles. The van der Waals surface area contributed by atoms with Gasteiger partial charge in [-0.05, 0) is 54.6 Å². The molecule has 1 atom stereocenters. The minimum atomic E-state index is -0.417. The quantitative estimate of drug-likeness (QED) is 0.778. The van der Waals surface area contributed by atoms with Gasteiger partial charge in [0.05, 0.1) is 0 Å². The molecule has 1 fully saturated rings. The smallest absolute Gasteiger partial charge is 0.323 e. The average Bonchev–Trinajstić information content (AvgIpc) is 2.73. The molecule has 0 aromatic heterocycles. The van der Waals surface area contributed by atoms with Crippen molar-refractivity contribution in [1.29, 1.82) is 0 Å². The van der Waals surface area contributed by atoms with Crippen LogP contribution in [0.15, 0.2) is 0 Å². The zero-order valence-electron chi connectivity index (χ0n) is 13.4. The predicted molar refractivity (Wildman–Crippen MR) is 78.2 cm³/mol. The molecule has 4 heteroatoms. The number of nitrogens with one attached hydrogen (secondary N) is 1. The molecule has 0 aliphatic heterocycles. The number of hydrogen-bond donors (Lipinski definition) is 1. The number of nitrogens with zero attached hydrogens (tertiary/aromatic N) is 1. The standard InChI is InChI=1S/C15H30N2O2/c1-12(13(18)19-14(2,3)4)16-11-15(17(5)6)9-7-8-10-15/h12,16H,7-11H2,1-6H3.